The molecule has 0 saturated carbocycles. The summed E-state index contributed by atoms with van der Waals surface area (Å²) in [5.74, 6) is -0.257. The summed E-state index contributed by atoms with van der Waals surface area (Å²) in [6.07, 6.45) is 2.32. The maximum absolute atomic E-state index is 11.3. The summed E-state index contributed by atoms with van der Waals surface area (Å²) in [6, 6.07) is 5.41. The Balaban J connectivity index is 2.66. The van der Waals surface area contributed by atoms with Crippen molar-refractivity contribution in [2.24, 2.45) is 5.73 Å². The molecule has 2 N–H and O–H groups in total. The molecule has 0 aliphatic rings. The average molecular weight is 207 g/mol. The van der Waals surface area contributed by atoms with Gasteiger partial charge in [0.05, 0.1) is 25.3 Å². The molecular formula is C10H13N3O2. The number of amides is 1. The van der Waals surface area contributed by atoms with Gasteiger partial charge in [0.1, 0.15) is 6.29 Å². The molecule has 5 heteroatoms. The van der Waals surface area contributed by atoms with E-state index in [4.69, 9.17) is 5.73 Å². The minimum atomic E-state index is -0.257. The fraction of sp³-hybridized carbons (Fsp3) is 0.300. The molecule has 0 atom stereocenters. The lowest BCUT2D eigenvalue weighted by molar-refractivity contribution is -0.132. The van der Waals surface area contributed by atoms with E-state index in [2.05, 4.69) is 4.98 Å². The molecule has 0 saturated heterocycles. The third kappa shape index (κ3) is 3.47. The number of carbonyl (C=O) groups is 2. The third-order valence-electron chi connectivity index (χ3n) is 1.90. The molecule has 0 unspecified atom stereocenters. The van der Waals surface area contributed by atoms with E-state index in [-0.39, 0.29) is 19.0 Å². The molecule has 0 aliphatic heterocycles. The zero-order valence-corrected chi connectivity index (χ0v) is 8.30. The maximum Gasteiger partial charge on any atom is 0.237 e. The van der Waals surface area contributed by atoms with Gasteiger partial charge in [-0.05, 0) is 12.1 Å². The first kappa shape index (κ1) is 11.3. The van der Waals surface area contributed by atoms with Crippen LogP contribution in [0.1, 0.15) is 5.69 Å². The van der Waals surface area contributed by atoms with Gasteiger partial charge in [-0.15, -0.1) is 0 Å². The summed E-state index contributed by atoms with van der Waals surface area (Å²) in [5, 5.41) is 0. The lowest BCUT2D eigenvalue weighted by Crippen LogP contribution is -2.36. The van der Waals surface area contributed by atoms with Crippen molar-refractivity contribution in [3.8, 4) is 0 Å². The van der Waals surface area contributed by atoms with Crippen LogP contribution in [-0.4, -0.2) is 35.2 Å². The Kier molecular flexibility index (Phi) is 4.43. The van der Waals surface area contributed by atoms with Crippen LogP contribution in [-0.2, 0) is 16.1 Å². The number of hydrogen-bond acceptors (Lipinski definition) is 4. The van der Waals surface area contributed by atoms with Crippen LogP contribution < -0.4 is 5.73 Å². The highest BCUT2D eigenvalue weighted by Gasteiger charge is 2.11. The molecule has 1 rings (SSSR count). The number of nitrogens with two attached hydrogens (primary N) is 1. The van der Waals surface area contributed by atoms with Crippen LogP contribution in [0, 0.1) is 0 Å². The number of aldehydes is 1. The van der Waals surface area contributed by atoms with Crippen LogP contribution >= 0.6 is 0 Å². The highest BCUT2D eigenvalue weighted by Crippen LogP contribution is 2.00. The summed E-state index contributed by atoms with van der Waals surface area (Å²) >= 11 is 0. The monoisotopic (exact) mass is 207 g/mol. The van der Waals surface area contributed by atoms with Crippen molar-refractivity contribution < 1.29 is 9.59 Å². The largest absolute Gasteiger partial charge is 0.329 e. The predicted molar refractivity (Wildman–Crippen MR) is 54.8 cm³/mol. The zero-order valence-electron chi connectivity index (χ0n) is 8.30. The van der Waals surface area contributed by atoms with Gasteiger partial charge in [-0.25, -0.2) is 0 Å². The van der Waals surface area contributed by atoms with E-state index >= 15 is 0 Å². The van der Waals surface area contributed by atoms with Crippen LogP contribution in [0.5, 0.6) is 0 Å². The van der Waals surface area contributed by atoms with E-state index in [1.54, 1.807) is 18.3 Å². The molecule has 15 heavy (non-hydrogen) atoms. The van der Waals surface area contributed by atoms with Gasteiger partial charge in [-0.2, -0.15) is 0 Å². The Labute approximate surface area is 87.9 Å². The average Bonchev–Trinajstić information content (AvgIpc) is 2.29. The fourth-order valence-corrected chi connectivity index (χ4v) is 1.16. The summed E-state index contributed by atoms with van der Waals surface area (Å²) in [5.41, 5.74) is 5.97. The predicted octanol–water partition coefficient (Wildman–Crippen LogP) is -0.432. The Morgan fingerprint density at radius 1 is 1.53 bits per heavy atom. The van der Waals surface area contributed by atoms with Crippen molar-refractivity contribution in [3.05, 3.63) is 30.1 Å². The van der Waals surface area contributed by atoms with E-state index in [1.165, 1.54) is 4.90 Å². The number of pyridine rings is 1. The Hall–Kier alpha value is -1.75. The van der Waals surface area contributed by atoms with Crippen molar-refractivity contribution in [1.82, 2.24) is 9.88 Å². The highest BCUT2D eigenvalue weighted by molar-refractivity contribution is 5.80. The van der Waals surface area contributed by atoms with Crippen LogP contribution in [0.15, 0.2) is 24.4 Å². The normalized spacial score (nSPS) is 9.67. The Morgan fingerprint density at radius 2 is 2.33 bits per heavy atom. The van der Waals surface area contributed by atoms with Crippen LogP contribution in [0.2, 0.25) is 0 Å². The van der Waals surface area contributed by atoms with E-state index in [9.17, 15) is 9.59 Å². The molecule has 80 valence electrons. The zero-order chi connectivity index (χ0) is 11.1. The quantitative estimate of drug-likeness (QED) is 0.664. The van der Waals surface area contributed by atoms with Crippen molar-refractivity contribution >= 4 is 12.2 Å². The molecule has 0 aromatic carbocycles. The van der Waals surface area contributed by atoms with Crippen molar-refractivity contribution in [1.29, 1.82) is 0 Å². The molecule has 1 aromatic rings. The standard InChI is InChI=1S/C10H13N3O2/c11-7-10(15)13(5-6-14)8-9-3-1-2-4-12-9/h1-4,6H,5,7-8,11H2. The smallest absolute Gasteiger partial charge is 0.237 e. The van der Waals surface area contributed by atoms with Crippen molar-refractivity contribution in [2.45, 2.75) is 6.54 Å². The van der Waals surface area contributed by atoms with Crippen LogP contribution in [0.25, 0.3) is 0 Å². The fourth-order valence-electron chi connectivity index (χ4n) is 1.16. The van der Waals surface area contributed by atoms with Gasteiger partial charge in [0.25, 0.3) is 0 Å². The van der Waals surface area contributed by atoms with Crippen molar-refractivity contribution in [3.63, 3.8) is 0 Å². The van der Waals surface area contributed by atoms with Crippen LogP contribution in [0.3, 0.4) is 0 Å². The first-order valence-corrected chi connectivity index (χ1v) is 4.59. The van der Waals surface area contributed by atoms with Crippen molar-refractivity contribution in [2.75, 3.05) is 13.1 Å². The second-order valence-electron chi connectivity index (χ2n) is 2.97. The van der Waals surface area contributed by atoms with Crippen LogP contribution in [0.4, 0.5) is 0 Å². The topological polar surface area (TPSA) is 76.3 Å². The summed E-state index contributed by atoms with van der Waals surface area (Å²) in [4.78, 5) is 27.1. The second-order valence-corrected chi connectivity index (χ2v) is 2.97. The van der Waals surface area contributed by atoms with E-state index < -0.39 is 0 Å². The SMILES string of the molecule is NCC(=O)N(CC=O)Cc1ccccn1. The van der Waals surface area contributed by atoms with Gasteiger partial charge in [-0.3, -0.25) is 9.78 Å². The second kappa shape index (κ2) is 5.87. The summed E-state index contributed by atoms with van der Waals surface area (Å²) < 4.78 is 0. The molecule has 5 nitrogen and oxygen atoms in total. The van der Waals surface area contributed by atoms with Gasteiger partial charge >= 0.3 is 0 Å². The molecule has 0 fully saturated rings. The third-order valence-corrected chi connectivity index (χ3v) is 1.90. The molecule has 0 aliphatic carbocycles. The molecule has 0 spiro atoms. The first-order chi connectivity index (χ1) is 7.27. The number of hydrogen-bond donors (Lipinski definition) is 1. The lowest BCUT2D eigenvalue weighted by Gasteiger charge is -2.18. The minimum Gasteiger partial charge on any atom is -0.329 e. The highest BCUT2D eigenvalue weighted by atomic mass is 16.2. The number of aromatic nitrogens is 1. The molecule has 0 radical (unpaired) electrons. The Morgan fingerprint density at radius 3 is 2.87 bits per heavy atom. The van der Waals surface area contributed by atoms with E-state index in [1.807, 2.05) is 6.07 Å². The van der Waals surface area contributed by atoms with Gasteiger partial charge in [0, 0.05) is 6.20 Å². The molecule has 0 bridgehead atoms. The Bertz CT molecular complexity index is 327. The van der Waals surface area contributed by atoms with Gasteiger partial charge in [-0.1, -0.05) is 6.07 Å². The lowest BCUT2D eigenvalue weighted by atomic mass is 10.3. The summed E-state index contributed by atoms with van der Waals surface area (Å²) in [7, 11) is 0. The minimum absolute atomic E-state index is 0.0482. The molecule has 1 aromatic heterocycles. The van der Waals surface area contributed by atoms with E-state index in [0.29, 0.717) is 12.8 Å². The first-order valence-electron chi connectivity index (χ1n) is 4.59. The van der Waals surface area contributed by atoms with E-state index in [0.717, 1.165) is 5.69 Å². The summed E-state index contributed by atoms with van der Waals surface area (Å²) in [6.45, 7) is 0.267. The number of carbonyl (C=O) groups excluding carboxylic acids is 2. The molecule has 1 amide bonds. The number of nitrogens with zero attached hydrogens (tertiary/aromatic N) is 2. The van der Waals surface area contributed by atoms with Gasteiger partial charge < -0.3 is 15.4 Å². The van der Waals surface area contributed by atoms with Gasteiger partial charge in [0.2, 0.25) is 5.91 Å². The van der Waals surface area contributed by atoms with Gasteiger partial charge in [0.15, 0.2) is 0 Å². The molecule has 1 heterocycles. The maximum atomic E-state index is 11.3. The molecular weight excluding hydrogens is 194 g/mol. The number of rotatable bonds is 5.